The molecule has 0 aliphatic carbocycles. The largest absolute Gasteiger partial charge is 0.465 e. The maximum absolute atomic E-state index is 11.9. The van der Waals surface area contributed by atoms with E-state index in [2.05, 4.69) is 11.8 Å². The molecule has 0 aromatic heterocycles. The molecule has 0 radical (unpaired) electrons. The summed E-state index contributed by atoms with van der Waals surface area (Å²) in [6.45, 7) is 4.61. The van der Waals surface area contributed by atoms with Crippen molar-refractivity contribution >= 4 is 17.3 Å². The van der Waals surface area contributed by atoms with E-state index >= 15 is 0 Å². The van der Waals surface area contributed by atoms with Gasteiger partial charge in [-0.15, -0.1) is 0 Å². The number of nitrogens with zero attached hydrogens (tertiary/aromatic N) is 1. The molecule has 0 saturated carbocycles. The summed E-state index contributed by atoms with van der Waals surface area (Å²) in [5.41, 5.74) is 7.75. The first-order valence-electron chi connectivity index (χ1n) is 7.50. The van der Waals surface area contributed by atoms with Gasteiger partial charge in [-0.05, 0) is 37.5 Å². The maximum atomic E-state index is 11.9. The summed E-state index contributed by atoms with van der Waals surface area (Å²) in [6.07, 6.45) is 3.37. The maximum Gasteiger partial charge on any atom is 0.340 e. The summed E-state index contributed by atoms with van der Waals surface area (Å²) in [6, 6.07) is 5.39. The molecule has 0 bridgehead atoms. The molecule has 21 heavy (non-hydrogen) atoms. The number of anilines is 2. The van der Waals surface area contributed by atoms with Crippen molar-refractivity contribution in [2.24, 2.45) is 0 Å². The second-order valence-electron chi connectivity index (χ2n) is 5.35. The smallest absolute Gasteiger partial charge is 0.340 e. The van der Waals surface area contributed by atoms with Crippen LogP contribution in [0.1, 0.15) is 36.5 Å². The van der Waals surface area contributed by atoms with Gasteiger partial charge in [-0.25, -0.2) is 4.79 Å². The quantitative estimate of drug-likeness (QED) is 0.667. The van der Waals surface area contributed by atoms with E-state index in [0.717, 1.165) is 44.6 Å². The van der Waals surface area contributed by atoms with Gasteiger partial charge in [0.2, 0.25) is 0 Å². The van der Waals surface area contributed by atoms with E-state index in [4.69, 9.17) is 15.2 Å². The number of carbonyl (C=O) groups excluding carboxylic acids is 1. The van der Waals surface area contributed by atoms with E-state index in [1.807, 2.05) is 12.1 Å². The number of hydrogen-bond acceptors (Lipinski definition) is 5. The first kappa shape index (κ1) is 15.6. The minimum atomic E-state index is -0.353. The number of nitrogen functional groups attached to an aromatic ring is 1. The zero-order chi connectivity index (χ0) is 15.2. The van der Waals surface area contributed by atoms with Crippen LogP contribution < -0.4 is 10.6 Å². The Morgan fingerprint density at radius 3 is 3.00 bits per heavy atom. The third-order valence-corrected chi connectivity index (χ3v) is 3.70. The van der Waals surface area contributed by atoms with Crippen molar-refractivity contribution in [3.05, 3.63) is 23.8 Å². The van der Waals surface area contributed by atoms with Crippen molar-refractivity contribution in [2.75, 3.05) is 37.4 Å². The highest BCUT2D eigenvalue weighted by atomic mass is 16.5. The number of rotatable bonds is 5. The average Bonchev–Trinajstić information content (AvgIpc) is 2.52. The highest BCUT2D eigenvalue weighted by Crippen LogP contribution is 2.27. The molecule has 0 spiro atoms. The fourth-order valence-corrected chi connectivity index (χ4v) is 2.68. The summed E-state index contributed by atoms with van der Waals surface area (Å²) < 4.78 is 10.7. The minimum absolute atomic E-state index is 0.224. The molecule has 2 N–H and O–H groups in total. The van der Waals surface area contributed by atoms with E-state index in [1.54, 1.807) is 6.07 Å². The van der Waals surface area contributed by atoms with Crippen LogP contribution in [-0.4, -0.2) is 38.9 Å². The summed E-state index contributed by atoms with van der Waals surface area (Å²) in [7, 11) is 1.39. The fourth-order valence-electron chi connectivity index (χ4n) is 2.68. The number of nitrogens with two attached hydrogens (primary N) is 1. The van der Waals surface area contributed by atoms with Crippen molar-refractivity contribution in [1.82, 2.24) is 0 Å². The number of hydrogen-bond donors (Lipinski definition) is 1. The van der Waals surface area contributed by atoms with Crippen LogP contribution in [0.4, 0.5) is 11.4 Å². The first-order chi connectivity index (χ1) is 10.2. The molecule has 1 aromatic rings. The van der Waals surface area contributed by atoms with Gasteiger partial charge in [0.15, 0.2) is 0 Å². The van der Waals surface area contributed by atoms with Crippen LogP contribution in [0.5, 0.6) is 0 Å². The Bertz CT molecular complexity index is 490. The average molecular weight is 292 g/mol. The molecule has 0 amide bonds. The molecule has 116 valence electrons. The molecule has 1 saturated heterocycles. The molecule has 1 heterocycles. The Morgan fingerprint density at radius 1 is 1.48 bits per heavy atom. The zero-order valence-corrected chi connectivity index (χ0v) is 12.8. The molecule has 5 nitrogen and oxygen atoms in total. The van der Waals surface area contributed by atoms with E-state index in [0.29, 0.717) is 11.3 Å². The number of benzene rings is 1. The van der Waals surface area contributed by atoms with Gasteiger partial charge in [-0.1, -0.05) is 6.92 Å². The van der Waals surface area contributed by atoms with E-state index < -0.39 is 0 Å². The second-order valence-corrected chi connectivity index (χ2v) is 5.35. The number of piperidine rings is 1. The fraction of sp³-hybridized carbons (Fsp3) is 0.562. The van der Waals surface area contributed by atoms with Gasteiger partial charge in [0.25, 0.3) is 0 Å². The molecular formula is C16H24N2O3. The molecule has 1 fully saturated rings. The third kappa shape index (κ3) is 3.88. The molecular weight excluding hydrogens is 268 g/mol. The topological polar surface area (TPSA) is 64.8 Å². The van der Waals surface area contributed by atoms with Crippen LogP contribution in [0.15, 0.2) is 18.2 Å². The van der Waals surface area contributed by atoms with Crippen LogP contribution in [-0.2, 0) is 9.47 Å². The minimum Gasteiger partial charge on any atom is -0.465 e. The van der Waals surface area contributed by atoms with E-state index in [-0.39, 0.29) is 12.1 Å². The first-order valence-corrected chi connectivity index (χ1v) is 7.50. The molecule has 1 aliphatic heterocycles. The molecule has 1 aromatic carbocycles. The predicted molar refractivity (Wildman–Crippen MR) is 83.7 cm³/mol. The molecule has 2 rings (SSSR count). The molecule has 1 atom stereocenters. The lowest BCUT2D eigenvalue weighted by atomic mass is 10.0. The summed E-state index contributed by atoms with van der Waals surface area (Å²) in [5, 5.41) is 0. The number of carbonyl (C=O) groups is 1. The number of methoxy groups -OCH3 is 1. The Hall–Kier alpha value is -1.75. The van der Waals surface area contributed by atoms with Gasteiger partial charge in [0.05, 0.1) is 24.5 Å². The van der Waals surface area contributed by atoms with Crippen LogP contribution in [0.3, 0.4) is 0 Å². The summed E-state index contributed by atoms with van der Waals surface area (Å²) in [4.78, 5) is 14.1. The van der Waals surface area contributed by atoms with Crippen LogP contribution in [0.25, 0.3) is 0 Å². The van der Waals surface area contributed by atoms with Gasteiger partial charge < -0.3 is 20.1 Å². The van der Waals surface area contributed by atoms with Crippen molar-refractivity contribution in [3.8, 4) is 0 Å². The van der Waals surface area contributed by atoms with Crippen LogP contribution in [0.2, 0.25) is 0 Å². The number of ether oxygens (including phenoxy) is 2. The van der Waals surface area contributed by atoms with Gasteiger partial charge in [0.1, 0.15) is 0 Å². The second kappa shape index (κ2) is 7.31. The van der Waals surface area contributed by atoms with Gasteiger partial charge in [-0.3, -0.25) is 0 Å². The van der Waals surface area contributed by atoms with Crippen molar-refractivity contribution < 1.29 is 14.3 Å². The highest BCUT2D eigenvalue weighted by Gasteiger charge is 2.24. The highest BCUT2D eigenvalue weighted by molar-refractivity contribution is 5.97. The molecule has 5 heteroatoms. The monoisotopic (exact) mass is 292 g/mol. The van der Waals surface area contributed by atoms with Crippen molar-refractivity contribution in [2.45, 2.75) is 32.3 Å². The number of esters is 1. The molecule has 1 unspecified atom stereocenters. The predicted octanol–water partition coefficient (Wildman–Crippen LogP) is 2.45. The Labute approximate surface area is 126 Å². The van der Waals surface area contributed by atoms with Crippen LogP contribution >= 0.6 is 0 Å². The third-order valence-electron chi connectivity index (χ3n) is 3.70. The van der Waals surface area contributed by atoms with Gasteiger partial charge >= 0.3 is 5.97 Å². The Morgan fingerprint density at radius 2 is 2.29 bits per heavy atom. The van der Waals surface area contributed by atoms with E-state index in [9.17, 15) is 4.79 Å². The van der Waals surface area contributed by atoms with E-state index in [1.165, 1.54) is 7.11 Å². The van der Waals surface area contributed by atoms with Gasteiger partial charge in [-0.2, -0.15) is 0 Å². The summed E-state index contributed by atoms with van der Waals surface area (Å²) >= 11 is 0. The lowest BCUT2D eigenvalue weighted by Gasteiger charge is -2.35. The SMILES string of the molecule is CCCOC1CCCN(c2ccc(N)cc2C(=O)OC)C1. The lowest BCUT2D eigenvalue weighted by Crippen LogP contribution is -2.40. The Balaban J connectivity index is 2.18. The van der Waals surface area contributed by atoms with Crippen molar-refractivity contribution in [3.63, 3.8) is 0 Å². The Kier molecular flexibility index (Phi) is 5.44. The van der Waals surface area contributed by atoms with Gasteiger partial charge in [0, 0.05) is 25.4 Å². The van der Waals surface area contributed by atoms with Crippen LogP contribution in [0, 0.1) is 0 Å². The lowest BCUT2D eigenvalue weighted by molar-refractivity contribution is 0.0438. The molecule has 1 aliphatic rings. The standard InChI is InChI=1S/C16H24N2O3/c1-3-9-21-13-5-4-8-18(11-13)15-7-6-12(17)10-14(15)16(19)20-2/h6-7,10,13H,3-5,8-9,11,17H2,1-2H3. The zero-order valence-electron chi connectivity index (χ0n) is 12.8. The summed E-state index contributed by atoms with van der Waals surface area (Å²) in [5.74, 6) is -0.353. The normalized spacial score (nSPS) is 18.6. The van der Waals surface area contributed by atoms with Crippen molar-refractivity contribution in [1.29, 1.82) is 0 Å².